The number of carboxylic acids is 1. The first-order chi connectivity index (χ1) is 12.4. The van der Waals surface area contributed by atoms with E-state index in [0.29, 0.717) is 17.9 Å². The van der Waals surface area contributed by atoms with Gasteiger partial charge in [0.2, 0.25) is 5.91 Å². The van der Waals surface area contributed by atoms with Crippen LogP contribution in [0.1, 0.15) is 43.5 Å². The molecule has 0 saturated heterocycles. The zero-order chi connectivity index (χ0) is 18.8. The van der Waals surface area contributed by atoms with Crippen LogP contribution in [0.4, 0.5) is 5.69 Å². The summed E-state index contributed by atoms with van der Waals surface area (Å²) in [6.45, 7) is 4.29. The monoisotopic (exact) mass is 359 g/mol. The van der Waals surface area contributed by atoms with Gasteiger partial charge in [0.15, 0.2) is 0 Å². The topological polar surface area (TPSA) is 92.7 Å². The lowest BCUT2D eigenvalue weighted by molar-refractivity contribution is -0.148. The Balaban J connectivity index is 1.63. The number of fused-ring (bicyclic) bond motifs is 2. The minimum absolute atomic E-state index is 0.117. The van der Waals surface area contributed by atoms with E-state index in [0.717, 1.165) is 19.3 Å². The van der Waals surface area contributed by atoms with Crippen LogP contribution in [0, 0.1) is 29.6 Å². The Morgan fingerprint density at radius 1 is 1.12 bits per heavy atom. The quantitative estimate of drug-likeness (QED) is 0.761. The third kappa shape index (κ3) is 3.74. The summed E-state index contributed by atoms with van der Waals surface area (Å²) in [4.78, 5) is 36.1. The third-order valence-corrected chi connectivity index (χ3v) is 5.44. The van der Waals surface area contributed by atoms with Gasteiger partial charge in [0.25, 0.3) is 0 Å². The predicted molar refractivity (Wildman–Crippen MR) is 95.6 cm³/mol. The van der Waals surface area contributed by atoms with Crippen LogP contribution in [0.3, 0.4) is 0 Å². The van der Waals surface area contributed by atoms with E-state index in [9.17, 15) is 19.5 Å². The molecule has 140 valence electrons. The van der Waals surface area contributed by atoms with Gasteiger partial charge in [0.05, 0.1) is 24.0 Å². The number of anilines is 1. The second-order valence-corrected chi connectivity index (χ2v) is 7.78. The van der Waals surface area contributed by atoms with E-state index in [1.807, 2.05) is 13.8 Å². The molecule has 1 aromatic carbocycles. The first-order valence-electron chi connectivity index (χ1n) is 9.17. The molecule has 1 amide bonds. The first-order valence-corrected chi connectivity index (χ1v) is 9.17. The summed E-state index contributed by atoms with van der Waals surface area (Å²) in [5, 5.41) is 12.3. The van der Waals surface area contributed by atoms with E-state index in [2.05, 4.69) is 5.32 Å². The number of benzene rings is 1. The fourth-order valence-corrected chi connectivity index (χ4v) is 4.26. The largest absolute Gasteiger partial charge is 0.481 e. The van der Waals surface area contributed by atoms with Gasteiger partial charge >= 0.3 is 11.9 Å². The van der Waals surface area contributed by atoms with E-state index >= 15 is 0 Å². The van der Waals surface area contributed by atoms with Gasteiger partial charge in [-0.3, -0.25) is 9.59 Å². The molecule has 2 N–H and O–H groups in total. The summed E-state index contributed by atoms with van der Waals surface area (Å²) in [5.74, 6) is -2.02. The highest BCUT2D eigenvalue weighted by Gasteiger charge is 2.53. The number of nitrogens with one attached hydrogen (secondary N) is 1. The lowest BCUT2D eigenvalue weighted by Crippen LogP contribution is -2.37. The van der Waals surface area contributed by atoms with Crippen molar-refractivity contribution in [1.82, 2.24) is 0 Å². The Hall–Kier alpha value is -2.37. The molecular formula is C20H25NO5. The van der Waals surface area contributed by atoms with Crippen LogP contribution in [-0.2, 0) is 14.3 Å². The van der Waals surface area contributed by atoms with Gasteiger partial charge in [-0.15, -0.1) is 0 Å². The van der Waals surface area contributed by atoms with Crippen LogP contribution in [-0.4, -0.2) is 29.6 Å². The number of hydrogen-bond acceptors (Lipinski definition) is 4. The van der Waals surface area contributed by atoms with E-state index < -0.39 is 23.8 Å². The molecule has 2 aliphatic carbocycles. The molecule has 0 radical (unpaired) electrons. The number of hydrogen-bond donors (Lipinski definition) is 2. The Kier molecular flexibility index (Phi) is 5.30. The molecule has 6 nitrogen and oxygen atoms in total. The van der Waals surface area contributed by atoms with Gasteiger partial charge in [-0.1, -0.05) is 13.8 Å². The van der Waals surface area contributed by atoms with Crippen LogP contribution < -0.4 is 5.32 Å². The molecule has 3 rings (SSSR count). The molecule has 2 saturated carbocycles. The van der Waals surface area contributed by atoms with Crippen LogP contribution in [0.5, 0.6) is 0 Å². The molecule has 2 bridgehead atoms. The van der Waals surface area contributed by atoms with Crippen LogP contribution in [0.15, 0.2) is 24.3 Å². The van der Waals surface area contributed by atoms with Gasteiger partial charge < -0.3 is 15.2 Å². The van der Waals surface area contributed by atoms with E-state index in [1.54, 1.807) is 24.3 Å². The summed E-state index contributed by atoms with van der Waals surface area (Å²) >= 11 is 0. The summed E-state index contributed by atoms with van der Waals surface area (Å²) < 4.78 is 5.17. The zero-order valence-corrected chi connectivity index (χ0v) is 15.1. The van der Waals surface area contributed by atoms with Crippen molar-refractivity contribution in [2.45, 2.75) is 33.1 Å². The molecule has 0 spiro atoms. The number of carbonyl (C=O) groups is 3. The molecule has 4 atom stereocenters. The standard InChI is InChI=1S/C20H25NO5/c1-11(2)10-26-20(25)12-5-7-15(8-6-12)21-18(22)16-13-3-4-14(9-13)17(16)19(23)24/h5-8,11,13-14,16-17H,3-4,9-10H2,1-2H3,(H,21,22)(H,23,24)/t13-,14-,16+,17+/m0/s1. The Morgan fingerprint density at radius 3 is 2.31 bits per heavy atom. The fraction of sp³-hybridized carbons (Fsp3) is 0.550. The average molecular weight is 359 g/mol. The SMILES string of the molecule is CC(C)COC(=O)c1ccc(NC(=O)[C@@H]2[C@H]3CC[C@@H](C3)[C@H]2C(=O)O)cc1. The van der Waals surface area contributed by atoms with Crippen molar-refractivity contribution in [3.8, 4) is 0 Å². The number of aliphatic carboxylic acids is 1. The van der Waals surface area contributed by atoms with Gasteiger partial charge in [-0.05, 0) is 61.3 Å². The van der Waals surface area contributed by atoms with Crippen molar-refractivity contribution in [2.75, 3.05) is 11.9 Å². The molecule has 1 aromatic rings. The van der Waals surface area contributed by atoms with Crippen LogP contribution in [0.25, 0.3) is 0 Å². The number of carbonyl (C=O) groups excluding carboxylic acids is 2. The number of amides is 1. The highest BCUT2D eigenvalue weighted by Crippen LogP contribution is 2.52. The molecular weight excluding hydrogens is 334 g/mol. The fourth-order valence-electron chi connectivity index (χ4n) is 4.26. The maximum absolute atomic E-state index is 12.6. The van der Waals surface area contributed by atoms with Gasteiger partial charge in [-0.25, -0.2) is 4.79 Å². The Labute approximate surface area is 152 Å². The van der Waals surface area contributed by atoms with Crippen molar-refractivity contribution in [2.24, 2.45) is 29.6 Å². The van der Waals surface area contributed by atoms with Crippen molar-refractivity contribution in [3.63, 3.8) is 0 Å². The van der Waals surface area contributed by atoms with Crippen LogP contribution in [0.2, 0.25) is 0 Å². The van der Waals surface area contributed by atoms with Crippen molar-refractivity contribution >= 4 is 23.5 Å². The lowest BCUT2D eigenvalue weighted by Gasteiger charge is -2.27. The van der Waals surface area contributed by atoms with Crippen molar-refractivity contribution in [1.29, 1.82) is 0 Å². The maximum atomic E-state index is 12.6. The Bertz CT molecular complexity index is 697. The number of esters is 1. The second-order valence-electron chi connectivity index (χ2n) is 7.78. The first kappa shape index (κ1) is 18.4. The third-order valence-electron chi connectivity index (χ3n) is 5.44. The Morgan fingerprint density at radius 2 is 1.73 bits per heavy atom. The number of carboxylic acid groups (broad SMARTS) is 1. The van der Waals surface area contributed by atoms with Crippen molar-refractivity contribution in [3.05, 3.63) is 29.8 Å². The highest BCUT2D eigenvalue weighted by atomic mass is 16.5. The van der Waals surface area contributed by atoms with E-state index in [4.69, 9.17) is 4.74 Å². The molecule has 2 fully saturated rings. The van der Waals surface area contributed by atoms with Crippen LogP contribution >= 0.6 is 0 Å². The van der Waals surface area contributed by atoms with E-state index in [-0.39, 0.29) is 23.7 Å². The second kappa shape index (κ2) is 7.48. The maximum Gasteiger partial charge on any atom is 0.338 e. The molecule has 0 aliphatic heterocycles. The van der Waals surface area contributed by atoms with Crippen molar-refractivity contribution < 1.29 is 24.2 Å². The smallest absolute Gasteiger partial charge is 0.338 e. The molecule has 0 aromatic heterocycles. The molecule has 6 heteroatoms. The normalized spacial score (nSPS) is 26.7. The molecule has 26 heavy (non-hydrogen) atoms. The molecule has 0 unspecified atom stereocenters. The predicted octanol–water partition coefficient (Wildman–Crippen LogP) is 3.18. The summed E-state index contributed by atoms with van der Waals surface area (Å²) in [5.41, 5.74) is 0.981. The number of ether oxygens (including phenoxy) is 1. The van der Waals surface area contributed by atoms with Gasteiger partial charge in [0.1, 0.15) is 0 Å². The van der Waals surface area contributed by atoms with Gasteiger partial charge in [0, 0.05) is 5.69 Å². The summed E-state index contributed by atoms with van der Waals surface area (Å²) in [6.07, 6.45) is 2.65. The minimum atomic E-state index is -0.874. The summed E-state index contributed by atoms with van der Waals surface area (Å²) in [6, 6.07) is 6.50. The highest BCUT2D eigenvalue weighted by molar-refractivity contribution is 5.96. The lowest BCUT2D eigenvalue weighted by atomic mass is 9.78. The zero-order valence-electron chi connectivity index (χ0n) is 15.1. The van der Waals surface area contributed by atoms with Gasteiger partial charge in [-0.2, -0.15) is 0 Å². The minimum Gasteiger partial charge on any atom is -0.481 e. The average Bonchev–Trinajstić information content (AvgIpc) is 3.21. The molecule has 0 heterocycles. The van der Waals surface area contributed by atoms with E-state index in [1.165, 1.54) is 0 Å². The molecule has 2 aliphatic rings. The number of rotatable bonds is 6. The summed E-state index contributed by atoms with van der Waals surface area (Å²) in [7, 11) is 0.